The molecule has 5 heterocycles. The Labute approximate surface area is 136 Å². The second-order valence-electron chi connectivity index (χ2n) is 5.95. The highest BCUT2D eigenvalue weighted by Gasteiger charge is 2.21. The van der Waals surface area contributed by atoms with Crippen LogP contribution >= 0.6 is 0 Å². The summed E-state index contributed by atoms with van der Waals surface area (Å²) >= 11 is 0. The molecule has 0 saturated heterocycles. The summed E-state index contributed by atoms with van der Waals surface area (Å²) in [6, 6.07) is 18.3. The number of hydrogen-bond donors (Lipinski definition) is 0. The van der Waals surface area contributed by atoms with Gasteiger partial charge in [0, 0.05) is 23.2 Å². The molecular formula is C20H11N3O. The predicted molar refractivity (Wildman–Crippen MR) is 94.4 cm³/mol. The first-order chi connectivity index (χ1) is 11.9. The topological polar surface area (TPSA) is 43.3 Å². The second kappa shape index (κ2) is 4.11. The number of hydrogen-bond acceptors (Lipinski definition) is 3. The van der Waals surface area contributed by atoms with Crippen LogP contribution in [0.15, 0.2) is 71.4 Å². The smallest absolute Gasteiger partial charge is 0.214 e. The summed E-state index contributed by atoms with van der Waals surface area (Å²) in [6.45, 7) is 0. The molecule has 4 heteroatoms. The van der Waals surface area contributed by atoms with Crippen LogP contribution in [-0.2, 0) is 0 Å². The van der Waals surface area contributed by atoms with E-state index in [1.807, 2.05) is 30.5 Å². The average Bonchev–Trinajstić information content (AvgIpc) is 3.29. The number of rotatable bonds is 1. The molecule has 0 fully saturated rings. The molecule has 0 bridgehead atoms. The molecule has 112 valence electrons. The Balaban J connectivity index is 1.85. The fraction of sp³-hybridized carbons (Fsp3) is 0. The van der Waals surface area contributed by atoms with E-state index in [1.165, 1.54) is 10.8 Å². The quantitative estimate of drug-likeness (QED) is 0.434. The van der Waals surface area contributed by atoms with Crippen molar-refractivity contribution in [2.45, 2.75) is 0 Å². The van der Waals surface area contributed by atoms with Gasteiger partial charge < -0.3 is 4.42 Å². The Kier molecular flexibility index (Phi) is 2.07. The van der Waals surface area contributed by atoms with E-state index < -0.39 is 0 Å². The van der Waals surface area contributed by atoms with Gasteiger partial charge in [0.05, 0.1) is 16.4 Å². The second-order valence-corrected chi connectivity index (χ2v) is 5.95. The van der Waals surface area contributed by atoms with Crippen LogP contribution in [0.25, 0.3) is 49.9 Å². The lowest BCUT2D eigenvalue weighted by Crippen LogP contribution is -1.80. The van der Waals surface area contributed by atoms with Gasteiger partial charge in [0.15, 0.2) is 5.76 Å². The number of aromatic nitrogens is 3. The summed E-state index contributed by atoms with van der Waals surface area (Å²) in [5.74, 6) is 0.767. The normalized spacial score (nSPS) is 12.2. The molecule has 0 atom stereocenters. The molecule has 0 aliphatic rings. The SMILES string of the molecule is c1ccc(-c2cc3c4nccc5c6ccccc6n(c3o2)c54)nc1. The van der Waals surface area contributed by atoms with Crippen molar-refractivity contribution in [3.05, 3.63) is 67.0 Å². The summed E-state index contributed by atoms with van der Waals surface area (Å²) in [5.41, 5.74) is 4.90. The first kappa shape index (κ1) is 12.1. The molecule has 0 radical (unpaired) electrons. The van der Waals surface area contributed by atoms with Gasteiger partial charge in [0.25, 0.3) is 0 Å². The largest absolute Gasteiger partial charge is 0.437 e. The van der Waals surface area contributed by atoms with Gasteiger partial charge in [-0.15, -0.1) is 0 Å². The van der Waals surface area contributed by atoms with E-state index in [-0.39, 0.29) is 0 Å². The lowest BCUT2D eigenvalue weighted by molar-refractivity contribution is 0.613. The maximum Gasteiger partial charge on any atom is 0.214 e. The summed E-state index contributed by atoms with van der Waals surface area (Å²) in [4.78, 5) is 9.01. The van der Waals surface area contributed by atoms with Gasteiger partial charge in [-0.05, 0) is 30.3 Å². The van der Waals surface area contributed by atoms with Crippen molar-refractivity contribution in [1.82, 2.24) is 14.4 Å². The fourth-order valence-corrected chi connectivity index (χ4v) is 3.67. The van der Waals surface area contributed by atoms with Crippen molar-refractivity contribution in [2.24, 2.45) is 0 Å². The van der Waals surface area contributed by atoms with E-state index in [2.05, 4.69) is 44.7 Å². The summed E-state index contributed by atoms with van der Waals surface area (Å²) < 4.78 is 8.39. The van der Waals surface area contributed by atoms with E-state index in [1.54, 1.807) is 6.20 Å². The van der Waals surface area contributed by atoms with Crippen LogP contribution < -0.4 is 0 Å². The van der Waals surface area contributed by atoms with E-state index in [4.69, 9.17) is 4.42 Å². The number of pyridine rings is 2. The minimum absolute atomic E-state index is 0.767. The summed E-state index contributed by atoms with van der Waals surface area (Å²) in [6.07, 6.45) is 3.65. The fourth-order valence-electron chi connectivity index (χ4n) is 3.67. The van der Waals surface area contributed by atoms with E-state index >= 15 is 0 Å². The van der Waals surface area contributed by atoms with E-state index in [0.29, 0.717) is 0 Å². The molecule has 0 amide bonds. The highest BCUT2D eigenvalue weighted by atomic mass is 16.3. The molecule has 6 rings (SSSR count). The Morgan fingerprint density at radius 1 is 0.792 bits per heavy atom. The van der Waals surface area contributed by atoms with Crippen LogP contribution in [0.2, 0.25) is 0 Å². The van der Waals surface area contributed by atoms with E-state index in [0.717, 1.165) is 39.1 Å². The molecular weight excluding hydrogens is 298 g/mol. The lowest BCUT2D eigenvalue weighted by atomic mass is 10.1. The molecule has 0 N–H and O–H groups in total. The van der Waals surface area contributed by atoms with Crippen LogP contribution in [0.5, 0.6) is 0 Å². The minimum Gasteiger partial charge on any atom is -0.437 e. The summed E-state index contributed by atoms with van der Waals surface area (Å²) in [7, 11) is 0. The molecule has 0 aliphatic heterocycles. The predicted octanol–water partition coefficient (Wildman–Crippen LogP) is 4.89. The van der Waals surface area contributed by atoms with Gasteiger partial charge in [-0.2, -0.15) is 0 Å². The van der Waals surface area contributed by atoms with Crippen molar-refractivity contribution in [3.8, 4) is 11.5 Å². The Morgan fingerprint density at radius 2 is 1.71 bits per heavy atom. The maximum atomic E-state index is 6.21. The zero-order valence-corrected chi connectivity index (χ0v) is 12.6. The zero-order valence-electron chi connectivity index (χ0n) is 12.6. The van der Waals surface area contributed by atoms with Crippen LogP contribution in [0.4, 0.5) is 0 Å². The Bertz CT molecular complexity index is 1350. The molecule has 5 aromatic heterocycles. The van der Waals surface area contributed by atoms with Gasteiger partial charge in [-0.3, -0.25) is 14.4 Å². The third-order valence-electron chi connectivity index (χ3n) is 4.67. The molecule has 4 nitrogen and oxygen atoms in total. The van der Waals surface area contributed by atoms with Gasteiger partial charge >= 0.3 is 0 Å². The van der Waals surface area contributed by atoms with Crippen molar-refractivity contribution >= 4 is 38.4 Å². The van der Waals surface area contributed by atoms with Crippen molar-refractivity contribution in [3.63, 3.8) is 0 Å². The van der Waals surface area contributed by atoms with Gasteiger partial charge in [-0.25, -0.2) is 0 Å². The van der Waals surface area contributed by atoms with E-state index in [9.17, 15) is 0 Å². The van der Waals surface area contributed by atoms with Crippen molar-refractivity contribution in [2.75, 3.05) is 0 Å². The molecule has 0 aliphatic carbocycles. The van der Waals surface area contributed by atoms with Crippen LogP contribution in [0.1, 0.15) is 0 Å². The van der Waals surface area contributed by atoms with Gasteiger partial charge in [-0.1, -0.05) is 24.3 Å². The number of nitrogens with zero attached hydrogens (tertiary/aromatic N) is 3. The first-order valence-corrected chi connectivity index (χ1v) is 7.86. The number of fused-ring (bicyclic) bond motifs is 6. The van der Waals surface area contributed by atoms with Crippen LogP contribution in [0.3, 0.4) is 0 Å². The number of furan rings is 1. The lowest BCUT2D eigenvalue weighted by Gasteiger charge is -1.95. The molecule has 6 aromatic rings. The monoisotopic (exact) mass is 309 g/mol. The van der Waals surface area contributed by atoms with Crippen LogP contribution in [-0.4, -0.2) is 14.4 Å². The highest BCUT2D eigenvalue weighted by molar-refractivity contribution is 6.21. The molecule has 0 unspecified atom stereocenters. The van der Waals surface area contributed by atoms with Crippen molar-refractivity contribution < 1.29 is 4.42 Å². The maximum absolute atomic E-state index is 6.21. The highest BCUT2D eigenvalue weighted by Crippen LogP contribution is 2.40. The minimum atomic E-state index is 0.767. The third kappa shape index (κ3) is 1.34. The zero-order chi connectivity index (χ0) is 15.7. The van der Waals surface area contributed by atoms with Gasteiger partial charge in [0.1, 0.15) is 11.2 Å². The Hall–Kier alpha value is -3.40. The molecule has 0 spiro atoms. The van der Waals surface area contributed by atoms with Crippen molar-refractivity contribution in [1.29, 1.82) is 0 Å². The standard InChI is InChI=1S/C20H11N3O/c1-2-7-16-12(5-1)13-8-10-22-18-14-11-17(15-6-3-4-9-21-15)24-20(14)23(16)19(13)18/h1-11H. The average molecular weight is 309 g/mol. The number of benzene rings is 1. The molecule has 1 aromatic carbocycles. The van der Waals surface area contributed by atoms with Crippen LogP contribution in [0, 0.1) is 0 Å². The Morgan fingerprint density at radius 3 is 2.62 bits per heavy atom. The third-order valence-corrected chi connectivity index (χ3v) is 4.67. The number of para-hydroxylation sites is 1. The first-order valence-electron chi connectivity index (χ1n) is 7.86. The summed E-state index contributed by atoms with van der Waals surface area (Å²) in [5, 5.41) is 3.46. The molecule has 0 saturated carbocycles. The molecule has 24 heavy (non-hydrogen) atoms. The van der Waals surface area contributed by atoms with Gasteiger partial charge in [0.2, 0.25) is 5.71 Å².